The highest BCUT2D eigenvalue weighted by Crippen LogP contribution is 2.18. The molecule has 0 saturated carbocycles. The van der Waals surface area contributed by atoms with Crippen LogP contribution in [0.2, 0.25) is 0 Å². The second-order valence-corrected chi connectivity index (χ2v) is 6.85. The Morgan fingerprint density at radius 3 is 2.06 bits per heavy atom. The molecule has 16 heavy (non-hydrogen) atoms. The van der Waals surface area contributed by atoms with Gasteiger partial charge in [-0.3, -0.25) is 0 Å². The molecule has 3 nitrogen and oxygen atoms in total. The lowest BCUT2D eigenvalue weighted by Crippen LogP contribution is -2.45. The summed E-state index contributed by atoms with van der Waals surface area (Å²) in [7, 11) is 2.42. The summed E-state index contributed by atoms with van der Waals surface area (Å²) in [6.07, 6.45) is 0. The van der Waals surface area contributed by atoms with E-state index in [0.29, 0.717) is 6.04 Å². The quantitative estimate of drug-likeness (QED) is 0.739. The molecule has 0 spiro atoms. The molecule has 0 saturated heterocycles. The van der Waals surface area contributed by atoms with Crippen LogP contribution in [-0.4, -0.2) is 30.1 Å². The number of benzene rings is 1. The van der Waals surface area contributed by atoms with Crippen molar-refractivity contribution < 1.29 is 13.3 Å². The summed E-state index contributed by atoms with van der Waals surface area (Å²) in [5, 5.41) is 0. The molecule has 0 N–H and O–H groups in total. The normalized spacial score (nSPS) is 11.8. The summed E-state index contributed by atoms with van der Waals surface area (Å²) in [6.45, 7) is 4.17. The molecule has 0 fully saturated rings. The minimum absolute atomic E-state index is 0.712. The Morgan fingerprint density at radius 2 is 1.56 bits per heavy atom. The zero-order valence-electron chi connectivity index (χ0n) is 10.7. The van der Waals surface area contributed by atoms with Gasteiger partial charge in [-0.25, -0.2) is 0 Å². The van der Waals surface area contributed by atoms with Crippen LogP contribution in [0.1, 0.15) is 16.7 Å². The lowest BCUT2D eigenvalue weighted by Gasteiger charge is -2.25. The Morgan fingerprint density at radius 1 is 1.00 bits per heavy atom. The lowest BCUT2D eigenvalue weighted by atomic mass is 10.1. The zero-order chi connectivity index (χ0) is 12.2. The van der Waals surface area contributed by atoms with Crippen LogP contribution < -0.4 is 0 Å². The number of aryl methyl sites for hydroxylation is 2. The van der Waals surface area contributed by atoms with Crippen LogP contribution in [0.25, 0.3) is 0 Å². The van der Waals surface area contributed by atoms with Crippen LogP contribution in [0.4, 0.5) is 0 Å². The standard InChI is InChI=1S/C12H20O3Si/c1-10-6-7-11(2)12(8-10)9-16(13-3,14-4)15-5/h6-8H,9H2,1-5H3. The van der Waals surface area contributed by atoms with Crippen LogP contribution >= 0.6 is 0 Å². The second kappa shape index (κ2) is 5.59. The van der Waals surface area contributed by atoms with Gasteiger partial charge in [0.15, 0.2) is 0 Å². The molecule has 1 rings (SSSR count). The first-order valence-electron chi connectivity index (χ1n) is 5.28. The van der Waals surface area contributed by atoms with E-state index in [-0.39, 0.29) is 0 Å². The fourth-order valence-corrected chi connectivity index (χ4v) is 3.47. The Balaban J connectivity index is 2.97. The van der Waals surface area contributed by atoms with E-state index in [2.05, 4.69) is 32.0 Å². The topological polar surface area (TPSA) is 27.7 Å². The molecular weight excluding hydrogens is 220 g/mol. The Kier molecular flexibility index (Phi) is 4.67. The number of hydrogen-bond donors (Lipinski definition) is 0. The first kappa shape index (κ1) is 13.4. The Hall–Kier alpha value is -0.683. The molecular formula is C12H20O3Si. The summed E-state index contributed by atoms with van der Waals surface area (Å²) in [5.41, 5.74) is 3.72. The summed E-state index contributed by atoms with van der Waals surface area (Å²) in [4.78, 5) is 0. The predicted molar refractivity (Wildman–Crippen MR) is 66.4 cm³/mol. The van der Waals surface area contributed by atoms with Gasteiger partial charge >= 0.3 is 8.80 Å². The minimum Gasteiger partial charge on any atom is -0.377 e. The van der Waals surface area contributed by atoms with Crippen molar-refractivity contribution in [2.45, 2.75) is 19.9 Å². The first-order valence-corrected chi connectivity index (χ1v) is 7.21. The minimum atomic E-state index is -2.51. The van der Waals surface area contributed by atoms with Crippen molar-refractivity contribution in [3.8, 4) is 0 Å². The molecule has 0 aromatic heterocycles. The van der Waals surface area contributed by atoms with Crippen LogP contribution in [0.15, 0.2) is 18.2 Å². The molecule has 0 aliphatic rings. The van der Waals surface area contributed by atoms with Crippen molar-refractivity contribution in [1.29, 1.82) is 0 Å². The Bertz CT molecular complexity index is 340. The third-order valence-electron chi connectivity index (χ3n) is 2.84. The van der Waals surface area contributed by atoms with Crippen LogP contribution in [0.3, 0.4) is 0 Å². The third kappa shape index (κ3) is 2.92. The number of hydrogen-bond acceptors (Lipinski definition) is 3. The van der Waals surface area contributed by atoms with Crippen molar-refractivity contribution in [3.63, 3.8) is 0 Å². The number of rotatable bonds is 5. The van der Waals surface area contributed by atoms with Crippen molar-refractivity contribution >= 4 is 8.80 Å². The third-order valence-corrected chi connectivity index (χ3v) is 5.52. The van der Waals surface area contributed by atoms with E-state index in [1.165, 1.54) is 16.7 Å². The monoisotopic (exact) mass is 240 g/mol. The van der Waals surface area contributed by atoms with E-state index in [1.807, 2.05) is 0 Å². The van der Waals surface area contributed by atoms with Gasteiger partial charge in [-0.1, -0.05) is 23.8 Å². The van der Waals surface area contributed by atoms with Gasteiger partial charge in [-0.15, -0.1) is 0 Å². The summed E-state index contributed by atoms with van der Waals surface area (Å²) < 4.78 is 16.3. The first-order chi connectivity index (χ1) is 7.56. The second-order valence-electron chi connectivity index (χ2n) is 3.90. The van der Waals surface area contributed by atoms with E-state index in [1.54, 1.807) is 21.3 Å². The fourth-order valence-electron chi connectivity index (χ4n) is 1.69. The van der Waals surface area contributed by atoms with Gasteiger partial charge in [0.05, 0.1) is 0 Å². The smallest absolute Gasteiger partial charge is 0.377 e. The molecule has 1 aromatic rings. The molecule has 0 aliphatic carbocycles. The van der Waals surface area contributed by atoms with Crippen molar-refractivity contribution in [3.05, 3.63) is 34.9 Å². The van der Waals surface area contributed by atoms with Crippen molar-refractivity contribution in [1.82, 2.24) is 0 Å². The largest absolute Gasteiger partial charge is 0.504 e. The molecule has 0 heterocycles. The maximum absolute atomic E-state index is 5.43. The van der Waals surface area contributed by atoms with Gasteiger partial charge < -0.3 is 13.3 Å². The highest BCUT2D eigenvalue weighted by Gasteiger charge is 2.38. The van der Waals surface area contributed by atoms with Crippen LogP contribution in [0, 0.1) is 13.8 Å². The molecule has 0 radical (unpaired) electrons. The van der Waals surface area contributed by atoms with Gasteiger partial charge in [0.25, 0.3) is 0 Å². The van der Waals surface area contributed by atoms with E-state index < -0.39 is 8.80 Å². The summed E-state index contributed by atoms with van der Waals surface area (Å²) >= 11 is 0. The maximum Gasteiger partial charge on any atom is 0.504 e. The average molecular weight is 240 g/mol. The molecule has 1 aromatic carbocycles. The van der Waals surface area contributed by atoms with Crippen LogP contribution in [0.5, 0.6) is 0 Å². The molecule has 90 valence electrons. The predicted octanol–water partition coefficient (Wildman–Crippen LogP) is 2.26. The van der Waals surface area contributed by atoms with Gasteiger partial charge in [0.2, 0.25) is 0 Å². The van der Waals surface area contributed by atoms with Crippen molar-refractivity contribution in [2.24, 2.45) is 0 Å². The lowest BCUT2D eigenvalue weighted by molar-refractivity contribution is 0.122. The zero-order valence-corrected chi connectivity index (χ0v) is 11.7. The fraction of sp³-hybridized carbons (Fsp3) is 0.500. The average Bonchev–Trinajstić information content (AvgIpc) is 2.31. The molecule has 0 bridgehead atoms. The summed E-state index contributed by atoms with van der Waals surface area (Å²) in [6, 6.07) is 7.09. The van der Waals surface area contributed by atoms with E-state index in [9.17, 15) is 0 Å². The van der Waals surface area contributed by atoms with Gasteiger partial charge in [0.1, 0.15) is 0 Å². The molecule has 0 atom stereocenters. The highest BCUT2D eigenvalue weighted by atomic mass is 28.4. The van der Waals surface area contributed by atoms with E-state index >= 15 is 0 Å². The van der Waals surface area contributed by atoms with Crippen LogP contribution in [-0.2, 0) is 19.3 Å². The maximum atomic E-state index is 5.43. The molecule has 0 amide bonds. The van der Waals surface area contributed by atoms with Gasteiger partial charge in [0, 0.05) is 27.4 Å². The Labute approximate surface area is 98.7 Å². The highest BCUT2D eigenvalue weighted by molar-refractivity contribution is 6.60. The van der Waals surface area contributed by atoms with E-state index in [0.717, 1.165) is 0 Å². The molecule has 0 aliphatic heterocycles. The van der Waals surface area contributed by atoms with Gasteiger partial charge in [-0.2, -0.15) is 0 Å². The SMILES string of the molecule is CO[Si](Cc1cc(C)ccc1C)(OC)OC. The molecule has 4 heteroatoms. The van der Waals surface area contributed by atoms with E-state index in [4.69, 9.17) is 13.3 Å². The summed E-state index contributed by atoms with van der Waals surface area (Å²) in [5.74, 6) is 0. The van der Waals surface area contributed by atoms with Crippen molar-refractivity contribution in [2.75, 3.05) is 21.3 Å². The molecule has 0 unspecified atom stereocenters. The van der Waals surface area contributed by atoms with Gasteiger partial charge in [-0.05, 0) is 25.0 Å².